The summed E-state index contributed by atoms with van der Waals surface area (Å²) in [7, 11) is 0. The average molecular weight is 365 g/mol. The summed E-state index contributed by atoms with van der Waals surface area (Å²) in [5, 5.41) is 0.693. The molecule has 2 rings (SSSR count). The van der Waals surface area contributed by atoms with Crippen LogP contribution in [0.1, 0.15) is 42.7 Å². The molecule has 0 aromatic heterocycles. The van der Waals surface area contributed by atoms with E-state index in [0.29, 0.717) is 17.2 Å². The Morgan fingerprint density at radius 1 is 1.04 bits per heavy atom. The largest absolute Gasteiger partial charge is 0.502 e. The van der Waals surface area contributed by atoms with Crippen molar-refractivity contribution in [1.82, 2.24) is 0 Å². The minimum absolute atomic E-state index is 0.0323. The first kappa shape index (κ1) is 19.5. The van der Waals surface area contributed by atoms with E-state index < -0.39 is 5.82 Å². The van der Waals surface area contributed by atoms with Gasteiger partial charge in [-0.15, -0.1) is 0 Å². The van der Waals surface area contributed by atoms with Crippen LogP contribution < -0.4 is 0 Å². The minimum atomic E-state index is -0.400. The summed E-state index contributed by atoms with van der Waals surface area (Å²) in [5.41, 5.74) is 1.60. The molecule has 1 unspecified atom stereocenters. The summed E-state index contributed by atoms with van der Waals surface area (Å²) in [6.07, 6.45) is 5.50. The van der Waals surface area contributed by atoms with Crippen LogP contribution in [0.2, 0.25) is 5.02 Å². The van der Waals surface area contributed by atoms with Crippen molar-refractivity contribution in [3.63, 3.8) is 0 Å². The molecule has 0 spiro atoms. The highest BCUT2D eigenvalue weighted by Gasteiger charge is 2.17. The van der Waals surface area contributed by atoms with E-state index in [9.17, 15) is 8.78 Å². The molecule has 0 bridgehead atoms. The lowest BCUT2D eigenvalue weighted by molar-refractivity contribution is 0.240. The van der Waals surface area contributed by atoms with E-state index >= 15 is 0 Å². The molecule has 4 heteroatoms. The number of ether oxygens (including phenoxy) is 1. The molecule has 2 aromatic carbocycles. The summed E-state index contributed by atoms with van der Waals surface area (Å²) >= 11 is 5.91. The van der Waals surface area contributed by atoms with Gasteiger partial charge in [0.05, 0.1) is 12.9 Å². The molecule has 1 atom stereocenters. The zero-order chi connectivity index (χ0) is 18.1. The van der Waals surface area contributed by atoms with E-state index in [-0.39, 0.29) is 11.7 Å². The van der Waals surface area contributed by atoms with Crippen molar-refractivity contribution in [2.45, 2.75) is 38.0 Å². The summed E-state index contributed by atoms with van der Waals surface area (Å²) in [6, 6.07) is 11.3. The molecule has 0 N–H and O–H groups in total. The third kappa shape index (κ3) is 6.50. The number of hydrogen-bond acceptors (Lipinski definition) is 1. The predicted octanol–water partition coefficient (Wildman–Crippen LogP) is 6.67. The molecule has 0 radical (unpaired) electrons. The van der Waals surface area contributed by atoms with Crippen molar-refractivity contribution in [1.29, 1.82) is 0 Å². The van der Waals surface area contributed by atoms with Crippen LogP contribution in [0, 0.1) is 11.6 Å². The molecule has 134 valence electrons. The Morgan fingerprint density at radius 3 is 2.52 bits per heavy atom. The van der Waals surface area contributed by atoms with Gasteiger partial charge in [-0.3, -0.25) is 0 Å². The molecular formula is C21H23ClF2O. The summed E-state index contributed by atoms with van der Waals surface area (Å²) in [4.78, 5) is 0. The van der Waals surface area contributed by atoms with Gasteiger partial charge in [0.1, 0.15) is 11.6 Å². The van der Waals surface area contributed by atoms with Gasteiger partial charge in [-0.1, -0.05) is 30.3 Å². The van der Waals surface area contributed by atoms with Crippen molar-refractivity contribution < 1.29 is 13.5 Å². The average Bonchev–Trinajstić information content (AvgIpc) is 2.61. The molecule has 0 saturated heterocycles. The van der Waals surface area contributed by atoms with Crippen LogP contribution in [0.4, 0.5) is 8.78 Å². The number of benzene rings is 2. The molecule has 0 amide bonds. The predicted molar refractivity (Wildman–Crippen MR) is 98.9 cm³/mol. The van der Waals surface area contributed by atoms with Crippen LogP contribution >= 0.6 is 11.6 Å². The van der Waals surface area contributed by atoms with Gasteiger partial charge in [0.15, 0.2) is 0 Å². The smallest absolute Gasteiger partial charge is 0.126 e. The maximum absolute atomic E-state index is 14.2. The fraction of sp³-hybridized carbons (Fsp3) is 0.333. The SMILES string of the molecule is C=COCCCCC(CCc1ccc(Cl)cc1)c1cc(F)ccc1F. The number of hydrogen-bond donors (Lipinski definition) is 0. The van der Waals surface area contributed by atoms with Crippen LogP contribution in [0.5, 0.6) is 0 Å². The van der Waals surface area contributed by atoms with Crippen LogP contribution in [0.15, 0.2) is 55.3 Å². The quantitative estimate of drug-likeness (QED) is 0.338. The molecule has 0 aliphatic heterocycles. The summed E-state index contributed by atoms with van der Waals surface area (Å²) < 4.78 is 32.9. The zero-order valence-electron chi connectivity index (χ0n) is 14.2. The summed E-state index contributed by atoms with van der Waals surface area (Å²) in [6.45, 7) is 4.10. The third-order valence-electron chi connectivity index (χ3n) is 4.28. The van der Waals surface area contributed by atoms with Gasteiger partial charge >= 0.3 is 0 Å². The Labute approximate surface area is 153 Å². The molecule has 1 nitrogen and oxygen atoms in total. The van der Waals surface area contributed by atoms with E-state index in [2.05, 4.69) is 6.58 Å². The lowest BCUT2D eigenvalue weighted by atomic mass is 9.87. The minimum Gasteiger partial charge on any atom is -0.502 e. The monoisotopic (exact) mass is 364 g/mol. The molecule has 2 aromatic rings. The van der Waals surface area contributed by atoms with Gasteiger partial charge in [-0.25, -0.2) is 8.78 Å². The lowest BCUT2D eigenvalue weighted by Gasteiger charge is -2.18. The van der Waals surface area contributed by atoms with Gasteiger partial charge in [0, 0.05) is 5.02 Å². The topological polar surface area (TPSA) is 9.23 Å². The van der Waals surface area contributed by atoms with E-state index in [0.717, 1.165) is 43.7 Å². The number of aryl methyl sites for hydroxylation is 1. The molecule has 0 aliphatic carbocycles. The maximum Gasteiger partial charge on any atom is 0.126 e. The van der Waals surface area contributed by atoms with Gasteiger partial charge in [0.25, 0.3) is 0 Å². The molecule has 0 fully saturated rings. The van der Waals surface area contributed by atoms with Crippen LogP contribution in [0.25, 0.3) is 0 Å². The molecule has 0 aliphatic rings. The van der Waals surface area contributed by atoms with Crippen molar-refractivity contribution in [3.05, 3.63) is 83.1 Å². The second-order valence-corrected chi connectivity index (χ2v) is 6.50. The Hall–Kier alpha value is -1.87. The first-order valence-electron chi connectivity index (χ1n) is 8.52. The second-order valence-electron chi connectivity index (χ2n) is 6.06. The van der Waals surface area contributed by atoms with E-state index in [4.69, 9.17) is 16.3 Å². The van der Waals surface area contributed by atoms with Crippen molar-refractivity contribution >= 4 is 11.6 Å². The van der Waals surface area contributed by atoms with Crippen molar-refractivity contribution in [2.75, 3.05) is 6.61 Å². The highest BCUT2D eigenvalue weighted by molar-refractivity contribution is 6.30. The van der Waals surface area contributed by atoms with E-state index in [1.54, 1.807) is 0 Å². The molecular weight excluding hydrogens is 342 g/mol. The molecule has 0 saturated carbocycles. The highest BCUT2D eigenvalue weighted by Crippen LogP contribution is 2.30. The fourth-order valence-corrected chi connectivity index (χ4v) is 3.06. The Kier molecular flexibility index (Phi) is 7.93. The van der Waals surface area contributed by atoms with Crippen LogP contribution in [-0.2, 0) is 11.2 Å². The number of halogens is 3. The second kappa shape index (κ2) is 10.2. The van der Waals surface area contributed by atoms with Crippen LogP contribution in [0.3, 0.4) is 0 Å². The fourth-order valence-electron chi connectivity index (χ4n) is 2.93. The zero-order valence-corrected chi connectivity index (χ0v) is 14.9. The van der Waals surface area contributed by atoms with Crippen LogP contribution in [-0.4, -0.2) is 6.61 Å². The van der Waals surface area contributed by atoms with Gasteiger partial charge in [0.2, 0.25) is 0 Å². The first-order chi connectivity index (χ1) is 12.1. The Balaban J connectivity index is 2.03. The summed E-state index contributed by atoms with van der Waals surface area (Å²) in [5.74, 6) is -0.775. The standard InChI is InChI=1S/C21H23ClF2O/c1-2-25-14-4-3-5-17(20-15-19(23)12-13-21(20)24)9-6-16-7-10-18(22)11-8-16/h2,7-8,10-13,15,17H,1,3-6,9,14H2. The Bertz CT molecular complexity index is 670. The van der Waals surface area contributed by atoms with Crippen molar-refractivity contribution in [2.24, 2.45) is 0 Å². The van der Waals surface area contributed by atoms with E-state index in [1.807, 2.05) is 24.3 Å². The van der Waals surface area contributed by atoms with Gasteiger partial charge in [-0.2, -0.15) is 0 Å². The first-order valence-corrected chi connectivity index (χ1v) is 8.90. The lowest BCUT2D eigenvalue weighted by Crippen LogP contribution is -2.05. The molecule has 0 heterocycles. The normalized spacial score (nSPS) is 12.0. The Morgan fingerprint density at radius 2 is 1.80 bits per heavy atom. The van der Waals surface area contributed by atoms with Crippen molar-refractivity contribution in [3.8, 4) is 0 Å². The maximum atomic E-state index is 14.2. The highest BCUT2D eigenvalue weighted by atomic mass is 35.5. The molecule has 25 heavy (non-hydrogen) atoms. The number of unbranched alkanes of at least 4 members (excludes halogenated alkanes) is 1. The van der Waals surface area contributed by atoms with Gasteiger partial charge < -0.3 is 4.74 Å². The van der Waals surface area contributed by atoms with E-state index in [1.165, 1.54) is 18.4 Å². The number of rotatable bonds is 10. The third-order valence-corrected chi connectivity index (χ3v) is 4.53. The van der Waals surface area contributed by atoms with Gasteiger partial charge in [-0.05, 0) is 79.5 Å².